The molecule has 0 spiro atoms. The number of nitrogens with zero attached hydrogens (tertiary/aromatic N) is 2. The van der Waals surface area contributed by atoms with Crippen molar-refractivity contribution in [1.29, 1.82) is 0 Å². The molecule has 2 aliphatic heterocycles. The number of rotatable bonds is 3. The Balaban J connectivity index is 1.96. The van der Waals surface area contributed by atoms with Gasteiger partial charge in [0.05, 0.1) is 16.1 Å². The average Bonchev–Trinajstić information content (AvgIpc) is 2.65. The van der Waals surface area contributed by atoms with Crippen LogP contribution in [0.2, 0.25) is 0 Å². The average molecular weight is 363 g/mol. The van der Waals surface area contributed by atoms with Crippen molar-refractivity contribution in [3.05, 3.63) is 35.7 Å². The highest BCUT2D eigenvalue weighted by molar-refractivity contribution is 8.01. The fraction of sp³-hybridized carbons (Fsp3) is 0.556. The van der Waals surface area contributed by atoms with Crippen LogP contribution in [0.5, 0.6) is 0 Å². The molecule has 0 saturated carbocycles. The van der Waals surface area contributed by atoms with Gasteiger partial charge in [0.25, 0.3) is 0 Å². The van der Waals surface area contributed by atoms with Crippen LogP contribution in [-0.4, -0.2) is 56.2 Å². The minimum Gasteiger partial charge on any atom is -0.356 e. The fourth-order valence-corrected chi connectivity index (χ4v) is 4.96. The summed E-state index contributed by atoms with van der Waals surface area (Å²) in [6.07, 6.45) is 7.96. The smallest absolute Gasteiger partial charge is 0.249 e. The number of carbonyl (C=O) groups is 2. The molecular formula is C18H25N3O3S. The van der Waals surface area contributed by atoms with E-state index in [2.05, 4.69) is 38.2 Å². The number of allylic oxidation sites excluding steroid dienone is 2. The van der Waals surface area contributed by atoms with Crippen LogP contribution in [0, 0.1) is 0 Å². The van der Waals surface area contributed by atoms with Crippen molar-refractivity contribution >= 4 is 23.6 Å². The molecule has 7 heteroatoms. The molecule has 6 nitrogen and oxygen atoms in total. The first-order chi connectivity index (χ1) is 11.7. The quantitative estimate of drug-likeness (QED) is 0.742. The molecule has 2 saturated heterocycles. The predicted molar refractivity (Wildman–Crippen MR) is 98.2 cm³/mol. The van der Waals surface area contributed by atoms with Gasteiger partial charge in [-0.1, -0.05) is 26.0 Å². The third kappa shape index (κ3) is 3.35. The van der Waals surface area contributed by atoms with E-state index in [4.69, 9.17) is 0 Å². The SMILES string of the molecule is CC(C)SC1(C)C=CC=C2C(=C1)N(C)C(O)N2C1CCC(=O)NC1=O. The number of carbonyl (C=O) groups excluding carboxylic acids is 2. The summed E-state index contributed by atoms with van der Waals surface area (Å²) in [5, 5.41) is 13.6. The number of hydrogen-bond donors (Lipinski definition) is 2. The molecule has 2 amide bonds. The van der Waals surface area contributed by atoms with Crippen LogP contribution in [0.4, 0.5) is 0 Å². The lowest BCUT2D eigenvalue weighted by Gasteiger charge is -2.34. The number of fused-ring (bicyclic) bond motifs is 1. The summed E-state index contributed by atoms with van der Waals surface area (Å²) in [6.45, 7) is 6.46. The number of likely N-dealkylation sites (N-methyl/N-ethyl adjacent to an activating group) is 1. The normalized spacial score (nSPS) is 32.4. The molecule has 2 N–H and O–H groups in total. The van der Waals surface area contributed by atoms with Crippen molar-refractivity contribution in [2.24, 2.45) is 0 Å². The Kier molecular flexibility index (Phi) is 4.72. The van der Waals surface area contributed by atoms with Crippen LogP contribution < -0.4 is 5.32 Å². The van der Waals surface area contributed by atoms with Crippen LogP contribution in [0.15, 0.2) is 35.7 Å². The van der Waals surface area contributed by atoms with E-state index in [0.717, 1.165) is 11.4 Å². The van der Waals surface area contributed by atoms with Crippen molar-refractivity contribution in [2.75, 3.05) is 7.05 Å². The summed E-state index contributed by atoms with van der Waals surface area (Å²) >= 11 is 1.83. The Labute approximate surface area is 152 Å². The zero-order valence-corrected chi connectivity index (χ0v) is 15.8. The maximum Gasteiger partial charge on any atom is 0.249 e. The van der Waals surface area contributed by atoms with E-state index in [-0.39, 0.29) is 23.0 Å². The molecule has 3 aliphatic rings. The van der Waals surface area contributed by atoms with Crippen molar-refractivity contribution in [2.45, 2.75) is 56.0 Å². The second kappa shape index (κ2) is 6.53. The third-order valence-corrected chi connectivity index (χ3v) is 5.89. The van der Waals surface area contributed by atoms with Crippen molar-refractivity contribution in [3.63, 3.8) is 0 Å². The number of amides is 2. The third-order valence-electron chi connectivity index (χ3n) is 4.66. The highest BCUT2D eigenvalue weighted by atomic mass is 32.2. The van der Waals surface area contributed by atoms with Gasteiger partial charge in [0.2, 0.25) is 18.2 Å². The van der Waals surface area contributed by atoms with Crippen LogP contribution in [0.25, 0.3) is 0 Å². The second-order valence-electron chi connectivity index (χ2n) is 7.12. The van der Waals surface area contributed by atoms with E-state index in [1.807, 2.05) is 31.0 Å². The first-order valence-corrected chi connectivity index (χ1v) is 9.43. The first kappa shape index (κ1) is 18.1. The van der Waals surface area contributed by atoms with E-state index in [0.29, 0.717) is 11.7 Å². The summed E-state index contributed by atoms with van der Waals surface area (Å²) < 4.78 is -0.198. The Morgan fingerprint density at radius 2 is 2.08 bits per heavy atom. The highest BCUT2D eigenvalue weighted by Crippen LogP contribution is 2.41. The molecule has 2 fully saturated rings. The highest BCUT2D eigenvalue weighted by Gasteiger charge is 2.44. The van der Waals surface area contributed by atoms with Gasteiger partial charge in [0, 0.05) is 18.7 Å². The zero-order valence-electron chi connectivity index (χ0n) is 15.0. The van der Waals surface area contributed by atoms with Crippen LogP contribution in [0.3, 0.4) is 0 Å². The molecule has 3 unspecified atom stereocenters. The lowest BCUT2D eigenvalue weighted by molar-refractivity contribution is -0.142. The summed E-state index contributed by atoms with van der Waals surface area (Å²) in [5.41, 5.74) is 1.71. The number of aliphatic hydroxyl groups excluding tert-OH is 1. The topological polar surface area (TPSA) is 72.9 Å². The standard InChI is InChI=1S/C18H25N3O3S/c1-11(2)25-18(3)9-5-6-12-14(10-18)20(4)17(24)21(12)13-7-8-15(22)19-16(13)23/h5-6,9-11,13,17,24H,7-8H2,1-4H3,(H,19,22,23). The van der Waals surface area contributed by atoms with E-state index >= 15 is 0 Å². The molecule has 136 valence electrons. The molecule has 1 aliphatic carbocycles. The molecule has 2 heterocycles. The Hall–Kier alpha value is -1.73. The van der Waals surface area contributed by atoms with Crippen LogP contribution in [0.1, 0.15) is 33.6 Å². The molecule has 3 rings (SSSR count). The number of imide groups is 1. The van der Waals surface area contributed by atoms with Crippen molar-refractivity contribution < 1.29 is 14.7 Å². The molecular weight excluding hydrogens is 338 g/mol. The van der Waals surface area contributed by atoms with Gasteiger partial charge in [-0.15, -0.1) is 11.8 Å². The van der Waals surface area contributed by atoms with Crippen LogP contribution >= 0.6 is 11.8 Å². The van der Waals surface area contributed by atoms with Crippen molar-refractivity contribution in [3.8, 4) is 0 Å². The Morgan fingerprint density at radius 1 is 1.36 bits per heavy atom. The molecule has 25 heavy (non-hydrogen) atoms. The van der Waals surface area contributed by atoms with Gasteiger partial charge in [-0.2, -0.15) is 0 Å². The minimum absolute atomic E-state index is 0.198. The second-order valence-corrected chi connectivity index (χ2v) is 9.18. The maximum absolute atomic E-state index is 12.3. The number of aliphatic hydroxyl groups is 1. The Morgan fingerprint density at radius 3 is 2.72 bits per heavy atom. The summed E-state index contributed by atoms with van der Waals surface area (Å²) in [6, 6.07) is -0.553. The van der Waals surface area contributed by atoms with Gasteiger partial charge in [-0.05, 0) is 25.5 Å². The van der Waals surface area contributed by atoms with E-state index in [1.165, 1.54) is 0 Å². The largest absolute Gasteiger partial charge is 0.356 e. The predicted octanol–water partition coefficient (Wildman–Crippen LogP) is 1.55. The fourth-order valence-electron chi connectivity index (χ4n) is 3.60. The van der Waals surface area contributed by atoms with Gasteiger partial charge < -0.3 is 14.9 Å². The lowest BCUT2D eigenvalue weighted by Crippen LogP contribution is -2.54. The molecule has 0 aromatic rings. The molecule has 0 aromatic carbocycles. The summed E-state index contributed by atoms with van der Waals surface area (Å²) in [5.74, 6) is -0.604. The monoisotopic (exact) mass is 363 g/mol. The molecule has 0 radical (unpaired) electrons. The number of nitrogens with one attached hydrogen (secondary N) is 1. The van der Waals surface area contributed by atoms with E-state index in [1.54, 1.807) is 9.80 Å². The minimum atomic E-state index is -0.929. The maximum atomic E-state index is 12.3. The van der Waals surface area contributed by atoms with Crippen LogP contribution in [-0.2, 0) is 9.59 Å². The molecule has 0 aromatic heterocycles. The first-order valence-electron chi connectivity index (χ1n) is 8.55. The van der Waals surface area contributed by atoms with E-state index in [9.17, 15) is 14.7 Å². The summed E-state index contributed by atoms with van der Waals surface area (Å²) in [4.78, 5) is 27.2. The lowest BCUT2D eigenvalue weighted by atomic mass is 10.0. The van der Waals surface area contributed by atoms with E-state index < -0.39 is 12.4 Å². The van der Waals surface area contributed by atoms with Gasteiger partial charge in [-0.25, -0.2) is 0 Å². The van der Waals surface area contributed by atoms with Gasteiger partial charge in [0.1, 0.15) is 6.04 Å². The van der Waals surface area contributed by atoms with Gasteiger partial charge in [0.15, 0.2) is 0 Å². The number of hydrogen-bond acceptors (Lipinski definition) is 6. The van der Waals surface area contributed by atoms with Crippen molar-refractivity contribution in [1.82, 2.24) is 15.1 Å². The van der Waals surface area contributed by atoms with Gasteiger partial charge >= 0.3 is 0 Å². The Bertz CT molecular complexity index is 685. The summed E-state index contributed by atoms with van der Waals surface area (Å²) in [7, 11) is 1.82. The molecule has 0 bridgehead atoms. The zero-order chi connectivity index (χ0) is 18.4. The molecule has 3 atom stereocenters. The van der Waals surface area contributed by atoms with Gasteiger partial charge in [-0.3, -0.25) is 14.9 Å². The number of thioether (sulfide) groups is 1. The number of piperidine rings is 1.